The van der Waals surface area contributed by atoms with Gasteiger partial charge in [-0.3, -0.25) is 9.63 Å². The van der Waals surface area contributed by atoms with Crippen LogP contribution in [0.5, 0.6) is 0 Å². The van der Waals surface area contributed by atoms with Crippen molar-refractivity contribution in [3.8, 4) is 0 Å². The predicted molar refractivity (Wildman–Crippen MR) is 66.7 cm³/mol. The number of esters is 2. The number of fused-ring (bicyclic) bond motifs is 3. The van der Waals surface area contributed by atoms with E-state index < -0.39 is 35.8 Å². The van der Waals surface area contributed by atoms with Crippen molar-refractivity contribution >= 4 is 11.9 Å². The highest BCUT2D eigenvalue weighted by atomic mass is 16.8. The Kier molecular flexibility index (Phi) is 3.44. The van der Waals surface area contributed by atoms with Gasteiger partial charge in [-0.25, -0.2) is 4.79 Å². The monoisotopic (exact) mass is 301 g/mol. The summed E-state index contributed by atoms with van der Waals surface area (Å²) in [6.45, 7) is 4.06. The molecule has 3 heterocycles. The van der Waals surface area contributed by atoms with Crippen LogP contribution >= 0.6 is 0 Å². The lowest BCUT2D eigenvalue weighted by molar-refractivity contribution is -0.209. The van der Waals surface area contributed by atoms with Crippen LogP contribution in [0, 0.1) is 5.92 Å². The molecule has 118 valence electrons. The minimum absolute atomic E-state index is 0.198. The highest BCUT2D eigenvalue weighted by Crippen LogP contribution is 2.44. The third-order valence-electron chi connectivity index (χ3n) is 4.10. The molecule has 3 aliphatic rings. The van der Waals surface area contributed by atoms with Crippen LogP contribution in [-0.4, -0.2) is 67.9 Å². The highest BCUT2D eigenvalue weighted by Gasteiger charge is 2.64. The van der Waals surface area contributed by atoms with Gasteiger partial charge in [0.2, 0.25) is 0 Å². The van der Waals surface area contributed by atoms with E-state index in [1.54, 1.807) is 5.06 Å². The number of nitrogens with zero attached hydrogens (tertiary/aromatic N) is 1. The van der Waals surface area contributed by atoms with E-state index in [1.807, 2.05) is 13.8 Å². The lowest BCUT2D eigenvalue weighted by Crippen LogP contribution is -2.44. The first-order valence-corrected chi connectivity index (χ1v) is 6.82. The predicted octanol–water partition coefficient (Wildman–Crippen LogP) is -0.533. The zero-order valence-electron chi connectivity index (χ0n) is 12.4. The fraction of sp³-hybridized carbons (Fsp3) is 0.846. The van der Waals surface area contributed by atoms with Crippen LogP contribution in [0.25, 0.3) is 0 Å². The molecule has 5 atom stereocenters. The molecule has 0 aromatic carbocycles. The summed E-state index contributed by atoms with van der Waals surface area (Å²) in [5, 5.41) is 1.58. The van der Waals surface area contributed by atoms with Crippen LogP contribution in [0.1, 0.15) is 13.8 Å². The van der Waals surface area contributed by atoms with Gasteiger partial charge in [0.1, 0.15) is 18.1 Å². The second-order valence-corrected chi connectivity index (χ2v) is 5.83. The molecule has 21 heavy (non-hydrogen) atoms. The zero-order valence-corrected chi connectivity index (χ0v) is 12.4. The molecule has 8 heteroatoms. The SMILES string of the molecule is COC(=O)[C@@H]1[C@@H]2[C@H]3OC(C)(C)O[C@H]3CN2O[C@@H]1C(=O)OC. The molecule has 8 nitrogen and oxygen atoms in total. The Morgan fingerprint density at radius 3 is 2.43 bits per heavy atom. The summed E-state index contributed by atoms with van der Waals surface area (Å²) < 4.78 is 21.2. The van der Waals surface area contributed by atoms with Gasteiger partial charge in [-0.1, -0.05) is 0 Å². The Morgan fingerprint density at radius 1 is 1.14 bits per heavy atom. The van der Waals surface area contributed by atoms with E-state index in [9.17, 15) is 9.59 Å². The van der Waals surface area contributed by atoms with Gasteiger partial charge in [0, 0.05) is 0 Å². The maximum Gasteiger partial charge on any atom is 0.338 e. The number of rotatable bonds is 2. The van der Waals surface area contributed by atoms with Crippen molar-refractivity contribution in [2.24, 2.45) is 5.92 Å². The summed E-state index contributed by atoms with van der Waals surface area (Å²) in [5.74, 6) is -2.64. The molecule has 0 spiro atoms. The summed E-state index contributed by atoms with van der Waals surface area (Å²) in [6.07, 6.45) is -1.56. The summed E-state index contributed by atoms with van der Waals surface area (Å²) in [6, 6.07) is -0.423. The molecule has 0 N–H and O–H groups in total. The van der Waals surface area contributed by atoms with Crippen molar-refractivity contribution in [2.75, 3.05) is 20.8 Å². The molecular weight excluding hydrogens is 282 g/mol. The van der Waals surface area contributed by atoms with Gasteiger partial charge in [0.15, 0.2) is 11.9 Å². The normalized spacial score (nSPS) is 40.7. The van der Waals surface area contributed by atoms with Crippen molar-refractivity contribution in [1.29, 1.82) is 0 Å². The Labute approximate surface area is 122 Å². The van der Waals surface area contributed by atoms with Gasteiger partial charge in [-0.2, -0.15) is 5.06 Å². The number of hydroxylamine groups is 2. The second-order valence-electron chi connectivity index (χ2n) is 5.83. The maximum atomic E-state index is 12.1. The van der Waals surface area contributed by atoms with Gasteiger partial charge in [0.05, 0.1) is 26.8 Å². The van der Waals surface area contributed by atoms with Crippen molar-refractivity contribution < 1.29 is 33.4 Å². The Hall–Kier alpha value is -1.22. The minimum atomic E-state index is -1.01. The summed E-state index contributed by atoms with van der Waals surface area (Å²) in [5.41, 5.74) is 0. The van der Waals surface area contributed by atoms with E-state index in [-0.39, 0.29) is 12.2 Å². The summed E-state index contributed by atoms with van der Waals surface area (Å²) in [4.78, 5) is 29.5. The molecule has 0 bridgehead atoms. The lowest BCUT2D eigenvalue weighted by atomic mass is 9.91. The first-order valence-electron chi connectivity index (χ1n) is 6.82. The highest BCUT2D eigenvalue weighted by molar-refractivity contribution is 5.85. The zero-order chi connectivity index (χ0) is 15.4. The van der Waals surface area contributed by atoms with Crippen LogP contribution in [0.4, 0.5) is 0 Å². The minimum Gasteiger partial charge on any atom is -0.469 e. The van der Waals surface area contributed by atoms with Gasteiger partial charge < -0.3 is 18.9 Å². The third kappa shape index (κ3) is 2.22. The number of hydrogen-bond donors (Lipinski definition) is 0. The van der Waals surface area contributed by atoms with Crippen LogP contribution in [0.2, 0.25) is 0 Å². The van der Waals surface area contributed by atoms with E-state index in [1.165, 1.54) is 14.2 Å². The fourth-order valence-electron chi connectivity index (χ4n) is 3.35. The molecule has 0 amide bonds. The standard InChI is InChI=1S/C13H19NO7/c1-13(2)19-6-5-14-8(9(6)20-13)7(11(15)17-3)10(21-14)12(16)18-4/h6-10H,5H2,1-4H3/t6-,7+,8+,9-,10-/m0/s1. The van der Waals surface area contributed by atoms with Crippen LogP contribution in [-0.2, 0) is 33.4 Å². The molecule has 0 aromatic rings. The molecule has 0 unspecified atom stereocenters. The lowest BCUT2D eigenvalue weighted by Gasteiger charge is -2.24. The van der Waals surface area contributed by atoms with E-state index in [2.05, 4.69) is 0 Å². The van der Waals surface area contributed by atoms with E-state index in [0.29, 0.717) is 6.54 Å². The third-order valence-corrected chi connectivity index (χ3v) is 4.10. The molecule has 3 fully saturated rings. The molecule has 0 radical (unpaired) electrons. The van der Waals surface area contributed by atoms with Gasteiger partial charge in [0.25, 0.3) is 0 Å². The van der Waals surface area contributed by atoms with E-state index in [4.69, 9.17) is 23.8 Å². The molecule has 0 aliphatic carbocycles. The molecule has 3 aliphatic heterocycles. The maximum absolute atomic E-state index is 12.1. The second kappa shape index (κ2) is 4.91. The smallest absolute Gasteiger partial charge is 0.338 e. The van der Waals surface area contributed by atoms with Crippen molar-refractivity contribution in [3.63, 3.8) is 0 Å². The quantitative estimate of drug-likeness (QED) is 0.629. The van der Waals surface area contributed by atoms with Crippen molar-refractivity contribution in [2.45, 2.75) is 44.0 Å². The van der Waals surface area contributed by atoms with Crippen molar-refractivity contribution in [1.82, 2.24) is 5.06 Å². The number of carbonyl (C=O) groups is 2. The van der Waals surface area contributed by atoms with Gasteiger partial charge >= 0.3 is 11.9 Å². The number of hydrogen-bond acceptors (Lipinski definition) is 8. The molecule has 3 saturated heterocycles. The first kappa shape index (κ1) is 14.7. The molecule has 3 rings (SSSR count). The van der Waals surface area contributed by atoms with Gasteiger partial charge in [-0.05, 0) is 13.8 Å². The first-order chi connectivity index (χ1) is 9.88. The average Bonchev–Trinajstić information content (AvgIpc) is 3.02. The Balaban J connectivity index is 1.88. The Morgan fingerprint density at radius 2 is 1.81 bits per heavy atom. The topological polar surface area (TPSA) is 83.5 Å². The fourth-order valence-corrected chi connectivity index (χ4v) is 3.35. The van der Waals surface area contributed by atoms with Crippen LogP contribution < -0.4 is 0 Å². The molecule has 0 aromatic heterocycles. The van der Waals surface area contributed by atoms with E-state index in [0.717, 1.165) is 0 Å². The van der Waals surface area contributed by atoms with Crippen LogP contribution in [0.3, 0.4) is 0 Å². The molecular formula is C13H19NO7. The van der Waals surface area contributed by atoms with Crippen LogP contribution in [0.15, 0.2) is 0 Å². The van der Waals surface area contributed by atoms with Crippen molar-refractivity contribution in [3.05, 3.63) is 0 Å². The van der Waals surface area contributed by atoms with Gasteiger partial charge in [-0.15, -0.1) is 0 Å². The number of ether oxygens (including phenoxy) is 4. The molecule has 0 saturated carbocycles. The number of methoxy groups -OCH3 is 2. The summed E-state index contributed by atoms with van der Waals surface area (Å²) >= 11 is 0. The average molecular weight is 301 g/mol. The summed E-state index contributed by atoms with van der Waals surface area (Å²) in [7, 11) is 2.53. The Bertz CT molecular complexity index is 465. The largest absolute Gasteiger partial charge is 0.469 e. The number of carbonyl (C=O) groups excluding carboxylic acids is 2. The van der Waals surface area contributed by atoms with E-state index >= 15 is 0 Å².